The SMILES string of the molecule is CCN(CC)CCC[C@@H](C)NC1=NCCCCC1. The highest BCUT2D eigenvalue weighted by molar-refractivity contribution is 5.82. The fourth-order valence-electron chi connectivity index (χ4n) is 2.51. The zero-order valence-corrected chi connectivity index (χ0v) is 12.5. The molecule has 0 aromatic heterocycles. The lowest BCUT2D eigenvalue weighted by Crippen LogP contribution is -2.33. The van der Waals surface area contributed by atoms with Gasteiger partial charge < -0.3 is 10.2 Å². The van der Waals surface area contributed by atoms with Gasteiger partial charge in [-0.1, -0.05) is 20.3 Å². The second-order valence-corrected chi connectivity index (χ2v) is 5.35. The maximum atomic E-state index is 4.63. The van der Waals surface area contributed by atoms with Crippen molar-refractivity contribution >= 4 is 5.84 Å². The molecule has 3 nitrogen and oxygen atoms in total. The molecular formula is C15H31N3. The van der Waals surface area contributed by atoms with Gasteiger partial charge in [0.1, 0.15) is 0 Å². The predicted molar refractivity (Wildman–Crippen MR) is 80.4 cm³/mol. The van der Waals surface area contributed by atoms with Gasteiger partial charge in [0.2, 0.25) is 0 Å². The first-order valence-corrected chi connectivity index (χ1v) is 7.78. The zero-order valence-electron chi connectivity index (χ0n) is 12.5. The average molecular weight is 253 g/mol. The summed E-state index contributed by atoms with van der Waals surface area (Å²) in [6.45, 7) is 11.4. The van der Waals surface area contributed by atoms with Gasteiger partial charge in [0.25, 0.3) is 0 Å². The third kappa shape index (κ3) is 6.39. The van der Waals surface area contributed by atoms with Crippen molar-refractivity contribution in [3.63, 3.8) is 0 Å². The molecule has 0 unspecified atom stereocenters. The molecule has 1 aliphatic heterocycles. The molecule has 18 heavy (non-hydrogen) atoms. The maximum absolute atomic E-state index is 4.63. The van der Waals surface area contributed by atoms with Crippen LogP contribution in [0, 0.1) is 0 Å². The summed E-state index contributed by atoms with van der Waals surface area (Å²) in [4.78, 5) is 7.13. The molecule has 0 amide bonds. The van der Waals surface area contributed by atoms with Gasteiger partial charge in [-0.05, 0) is 52.2 Å². The lowest BCUT2D eigenvalue weighted by atomic mass is 10.1. The molecule has 0 aromatic rings. The molecule has 0 bridgehead atoms. The van der Waals surface area contributed by atoms with Gasteiger partial charge >= 0.3 is 0 Å². The van der Waals surface area contributed by atoms with Crippen molar-refractivity contribution in [3.8, 4) is 0 Å². The van der Waals surface area contributed by atoms with Crippen LogP contribution in [0.5, 0.6) is 0 Å². The largest absolute Gasteiger partial charge is 0.371 e. The van der Waals surface area contributed by atoms with E-state index in [1.165, 1.54) is 57.6 Å². The van der Waals surface area contributed by atoms with E-state index in [1.54, 1.807) is 0 Å². The van der Waals surface area contributed by atoms with Crippen LogP contribution >= 0.6 is 0 Å². The van der Waals surface area contributed by atoms with Crippen LogP contribution in [-0.4, -0.2) is 43.0 Å². The molecule has 0 aliphatic carbocycles. The van der Waals surface area contributed by atoms with Crippen LogP contribution in [0.4, 0.5) is 0 Å². The lowest BCUT2D eigenvalue weighted by molar-refractivity contribution is 0.292. The first-order chi connectivity index (χ1) is 8.76. The fourth-order valence-corrected chi connectivity index (χ4v) is 2.51. The lowest BCUT2D eigenvalue weighted by Gasteiger charge is -2.20. The molecule has 1 N–H and O–H groups in total. The summed E-state index contributed by atoms with van der Waals surface area (Å²) in [5, 5.41) is 3.60. The van der Waals surface area contributed by atoms with Crippen LogP contribution in [0.2, 0.25) is 0 Å². The number of rotatable bonds is 7. The third-order valence-electron chi connectivity index (χ3n) is 3.79. The molecule has 1 heterocycles. The van der Waals surface area contributed by atoms with Gasteiger partial charge in [-0.25, -0.2) is 0 Å². The number of amidine groups is 1. The van der Waals surface area contributed by atoms with Crippen LogP contribution in [0.3, 0.4) is 0 Å². The third-order valence-corrected chi connectivity index (χ3v) is 3.79. The minimum atomic E-state index is 0.567. The molecule has 1 aliphatic rings. The van der Waals surface area contributed by atoms with Crippen molar-refractivity contribution in [1.82, 2.24) is 10.2 Å². The van der Waals surface area contributed by atoms with E-state index in [2.05, 4.69) is 36.0 Å². The Hall–Kier alpha value is -0.570. The van der Waals surface area contributed by atoms with E-state index in [9.17, 15) is 0 Å². The maximum Gasteiger partial charge on any atom is 0.0965 e. The van der Waals surface area contributed by atoms with E-state index in [4.69, 9.17) is 0 Å². The molecule has 0 saturated heterocycles. The smallest absolute Gasteiger partial charge is 0.0965 e. The summed E-state index contributed by atoms with van der Waals surface area (Å²) in [6.07, 6.45) is 7.59. The molecular weight excluding hydrogens is 222 g/mol. The second-order valence-electron chi connectivity index (χ2n) is 5.35. The predicted octanol–water partition coefficient (Wildman–Crippen LogP) is 3.06. The Bertz CT molecular complexity index is 234. The molecule has 106 valence electrons. The van der Waals surface area contributed by atoms with Crippen LogP contribution in [0.1, 0.15) is 59.3 Å². The first-order valence-electron chi connectivity index (χ1n) is 7.78. The van der Waals surface area contributed by atoms with Crippen molar-refractivity contribution in [1.29, 1.82) is 0 Å². The summed E-state index contributed by atoms with van der Waals surface area (Å²) in [5.74, 6) is 1.25. The first kappa shape index (κ1) is 15.5. The summed E-state index contributed by atoms with van der Waals surface area (Å²) in [7, 11) is 0. The van der Waals surface area contributed by atoms with Gasteiger partial charge in [-0.15, -0.1) is 0 Å². The Morgan fingerprint density at radius 2 is 2.00 bits per heavy atom. The van der Waals surface area contributed by atoms with Crippen LogP contribution < -0.4 is 5.32 Å². The van der Waals surface area contributed by atoms with Gasteiger partial charge in [0, 0.05) is 19.0 Å². The molecule has 0 radical (unpaired) electrons. The molecule has 0 fully saturated rings. The van der Waals surface area contributed by atoms with Crippen molar-refractivity contribution in [2.45, 2.75) is 65.3 Å². The van der Waals surface area contributed by atoms with Crippen LogP contribution in [0.15, 0.2) is 4.99 Å². The van der Waals surface area contributed by atoms with E-state index in [-0.39, 0.29) is 0 Å². The highest BCUT2D eigenvalue weighted by Gasteiger charge is 2.08. The summed E-state index contributed by atoms with van der Waals surface area (Å²) in [6, 6.07) is 0.567. The molecule has 3 heteroatoms. The Morgan fingerprint density at radius 1 is 1.22 bits per heavy atom. The standard InChI is InChI=1S/C15H31N3/c1-4-18(5-2)13-9-10-14(3)17-15-11-7-6-8-12-16-15/h14H,4-13H2,1-3H3,(H,16,17)/t14-/m1/s1. The van der Waals surface area contributed by atoms with E-state index < -0.39 is 0 Å². The molecule has 1 atom stereocenters. The van der Waals surface area contributed by atoms with Crippen molar-refractivity contribution < 1.29 is 0 Å². The van der Waals surface area contributed by atoms with E-state index in [0.717, 1.165) is 13.0 Å². The quantitative estimate of drug-likeness (QED) is 0.755. The van der Waals surface area contributed by atoms with Crippen LogP contribution in [0.25, 0.3) is 0 Å². The van der Waals surface area contributed by atoms with Crippen molar-refractivity contribution in [2.24, 2.45) is 4.99 Å². The number of hydrogen-bond donors (Lipinski definition) is 1. The summed E-state index contributed by atoms with van der Waals surface area (Å²) in [5.41, 5.74) is 0. The van der Waals surface area contributed by atoms with Gasteiger partial charge in [0.15, 0.2) is 0 Å². The Kier molecular flexibility index (Phi) is 8.06. The van der Waals surface area contributed by atoms with E-state index in [1.807, 2.05) is 0 Å². The molecule has 1 rings (SSSR count). The molecule has 0 aromatic carbocycles. The summed E-state index contributed by atoms with van der Waals surface area (Å²) >= 11 is 0. The van der Waals surface area contributed by atoms with E-state index >= 15 is 0 Å². The van der Waals surface area contributed by atoms with Crippen LogP contribution in [-0.2, 0) is 0 Å². The average Bonchev–Trinajstić information content (AvgIpc) is 2.63. The summed E-state index contributed by atoms with van der Waals surface area (Å²) < 4.78 is 0. The number of nitrogens with one attached hydrogen (secondary N) is 1. The van der Waals surface area contributed by atoms with E-state index in [0.29, 0.717) is 6.04 Å². The Balaban J connectivity index is 2.16. The van der Waals surface area contributed by atoms with Crippen molar-refractivity contribution in [2.75, 3.05) is 26.2 Å². The van der Waals surface area contributed by atoms with Crippen molar-refractivity contribution in [3.05, 3.63) is 0 Å². The topological polar surface area (TPSA) is 27.6 Å². The Morgan fingerprint density at radius 3 is 2.72 bits per heavy atom. The highest BCUT2D eigenvalue weighted by Crippen LogP contribution is 2.07. The normalized spacial score (nSPS) is 18.3. The minimum absolute atomic E-state index is 0.567. The molecule has 0 spiro atoms. The van der Waals surface area contributed by atoms with Gasteiger partial charge in [-0.3, -0.25) is 4.99 Å². The highest BCUT2D eigenvalue weighted by atomic mass is 15.1. The number of nitrogens with zero attached hydrogens (tertiary/aromatic N) is 2. The second kappa shape index (κ2) is 9.37. The minimum Gasteiger partial charge on any atom is -0.371 e. The van der Waals surface area contributed by atoms with Gasteiger partial charge in [-0.2, -0.15) is 0 Å². The van der Waals surface area contributed by atoms with Gasteiger partial charge in [0.05, 0.1) is 5.84 Å². The number of hydrogen-bond acceptors (Lipinski definition) is 3. The fraction of sp³-hybridized carbons (Fsp3) is 0.933. The Labute approximate surface area is 113 Å². The number of aliphatic imine (C=N–C) groups is 1. The monoisotopic (exact) mass is 253 g/mol. The molecule has 0 saturated carbocycles. The zero-order chi connectivity index (χ0) is 13.2.